The Morgan fingerprint density at radius 2 is 2.12 bits per heavy atom. The first-order valence-corrected chi connectivity index (χ1v) is 4.95. The molecule has 90 valence electrons. The van der Waals surface area contributed by atoms with Crippen LogP contribution in [-0.4, -0.2) is 28.5 Å². The summed E-state index contributed by atoms with van der Waals surface area (Å²) in [6, 6.07) is 2.70. The predicted octanol–water partition coefficient (Wildman–Crippen LogP) is 1.12. The van der Waals surface area contributed by atoms with Crippen molar-refractivity contribution < 1.29 is 14.5 Å². The predicted molar refractivity (Wildman–Crippen MR) is 59.0 cm³/mol. The van der Waals surface area contributed by atoms with Gasteiger partial charge in [0.05, 0.1) is 0 Å². The third kappa shape index (κ3) is 1.69. The van der Waals surface area contributed by atoms with Crippen LogP contribution >= 0.6 is 0 Å². The molecule has 0 spiro atoms. The van der Waals surface area contributed by atoms with Crippen molar-refractivity contribution in [1.29, 1.82) is 0 Å². The van der Waals surface area contributed by atoms with Gasteiger partial charge in [-0.2, -0.15) is 0 Å². The number of likely N-dealkylation sites (N-methyl/N-ethyl adjacent to an activating group) is 1. The van der Waals surface area contributed by atoms with E-state index in [-0.39, 0.29) is 17.5 Å². The van der Waals surface area contributed by atoms with Crippen LogP contribution in [0.1, 0.15) is 13.8 Å². The van der Waals surface area contributed by atoms with Crippen LogP contribution in [-0.2, 0) is 4.79 Å². The zero-order valence-electron chi connectivity index (χ0n) is 9.63. The Bertz CT molecular complexity index is 512. The van der Waals surface area contributed by atoms with Crippen molar-refractivity contribution in [3.63, 3.8) is 0 Å². The molecule has 1 aliphatic rings. The van der Waals surface area contributed by atoms with E-state index in [2.05, 4.69) is 4.98 Å². The number of pyridine rings is 1. The molecule has 0 saturated heterocycles. The van der Waals surface area contributed by atoms with Crippen molar-refractivity contribution in [1.82, 2.24) is 4.98 Å². The topological polar surface area (TPSA) is 85.6 Å². The second kappa shape index (κ2) is 3.41. The summed E-state index contributed by atoms with van der Waals surface area (Å²) in [5.74, 6) is -0.0732. The minimum Gasteiger partial charge on any atom is -0.472 e. The number of fused-ring (bicyclic) bond motifs is 1. The Kier molecular flexibility index (Phi) is 2.27. The first-order chi connectivity index (χ1) is 7.83. The number of anilines is 1. The summed E-state index contributed by atoms with van der Waals surface area (Å²) in [6.07, 6.45) is 0. The number of hydrogen-bond donors (Lipinski definition) is 0. The Labute approximate surface area is 97.2 Å². The first kappa shape index (κ1) is 11.3. The van der Waals surface area contributed by atoms with E-state index in [9.17, 15) is 14.9 Å². The van der Waals surface area contributed by atoms with Gasteiger partial charge in [0, 0.05) is 13.1 Å². The van der Waals surface area contributed by atoms with Crippen molar-refractivity contribution in [3.8, 4) is 5.75 Å². The Morgan fingerprint density at radius 1 is 1.47 bits per heavy atom. The zero-order chi connectivity index (χ0) is 12.8. The van der Waals surface area contributed by atoms with Gasteiger partial charge in [0.2, 0.25) is 0 Å². The highest BCUT2D eigenvalue weighted by Gasteiger charge is 2.42. The molecule has 1 aromatic rings. The smallest absolute Gasteiger partial charge is 0.366 e. The molecule has 0 atom stereocenters. The molecule has 1 amide bonds. The van der Waals surface area contributed by atoms with E-state index in [1.165, 1.54) is 24.1 Å². The van der Waals surface area contributed by atoms with E-state index in [1.54, 1.807) is 13.8 Å². The summed E-state index contributed by atoms with van der Waals surface area (Å²) in [4.78, 5) is 26.9. The van der Waals surface area contributed by atoms with Gasteiger partial charge in [-0.3, -0.25) is 9.69 Å². The molecule has 0 saturated carbocycles. The minimum absolute atomic E-state index is 0.170. The average molecular weight is 237 g/mol. The summed E-state index contributed by atoms with van der Waals surface area (Å²) in [6.45, 7) is 3.27. The number of rotatable bonds is 1. The number of carbonyl (C=O) groups excluding carboxylic acids is 1. The van der Waals surface area contributed by atoms with Crippen LogP contribution in [0.5, 0.6) is 5.75 Å². The van der Waals surface area contributed by atoms with Crippen LogP contribution < -0.4 is 9.64 Å². The number of hydrogen-bond acceptors (Lipinski definition) is 5. The maximum atomic E-state index is 11.9. The van der Waals surface area contributed by atoms with Crippen LogP contribution in [0.15, 0.2) is 12.1 Å². The third-order valence-electron chi connectivity index (χ3n) is 2.51. The molecule has 7 heteroatoms. The van der Waals surface area contributed by atoms with Crippen molar-refractivity contribution in [2.75, 3.05) is 11.9 Å². The molecule has 17 heavy (non-hydrogen) atoms. The lowest BCUT2D eigenvalue weighted by molar-refractivity contribution is -0.389. The fourth-order valence-corrected chi connectivity index (χ4v) is 1.67. The summed E-state index contributed by atoms with van der Waals surface area (Å²) in [5, 5.41) is 10.6. The lowest BCUT2D eigenvalue weighted by atomic mass is 10.1. The van der Waals surface area contributed by atoms with Gasteiger partial charge in [0.15, 0.2) is 11.4 Å². The van der Waals surface area contributed by atoms with Crippen LogP contribution in [0.25, 0.3) is 0 Å². The highest BCUT2D eigenvalue weighted by molar-refractivity contribution is 6.01. The van der Waals surface area contributed by atoms with Crippen molar-refractivity contribution in [3.05, 3.63) is 22.2 Å². The quantitative estimate of drug-likeness (QED) is 0.539. The first-order valence-electron chi connectivity index (χ1n) is 4.95. The van der Waals surface area contributed by atoms with E-state index in [1.807, 2.05) is 0 Å². The summed E-state index contributed by atoms with van der Waals surface area (Å²) in [5.41, 5.74) is -0.987. The zero-order valence-corrected chi connectivity index (χ0v) is 9.63. The van der Waals surface area contributed by atoms with E-state index < -0.39 is 10.5 Å². The van der Waals surface area contributed by atoms with Gasteiger partial charge in [-0.05, 0) is 29.8 Å². The normalized spacial score (nSPS) is 17.4. The molecule has 0 N–H and O–H groups in total. The second-order valence-corrected chi connectivity index (χ2v) is 4.22. The molecule has 2 rings (SSSR count). The van der Waals surface area contributed by atoms with Crippen molar-refractivity contribution in [2.24, 2.45) is 0 Å². The molecular formula is C10H11N3O4. The number of aromatic nitrogens is 1. The van der Waals surface area contributed by atoms with Gasteiger partial charge in [0.25, 0.3) is 11.7 Å². The molecule has 2 heterocycles. The summed E-state index contributed by atoms with van der Waals surface area (Å²) >= 11 is 0. The van der Waals surface area contributed by atoms with Gasteiger partial charge in [-0.15, -0.1) is 0 Å². The molecule has 1 aromatic heterocycles. The van der Waals surface area contributed by atoms with Gasteiger partial charge >= 0.3 is 5.82 Å². The average Bonchev–Trinajstić information content (AvgIpc) is 2.25. The monoisotopic (exact) mass is 237 g/mol. The van der Waals surface area contributed by atoms with Crippen molar-refractivity contribution >= 4 is 17.5 Å². The Morgan fingerprint density at radius 3 is 2.71 bits per heavy atom. The lowest BCUT2D eigenvalue weighted by Crippen LogP contribution is -2.51. The number of nitro groups is 1. The fraction of sp³-hybridized carbons (Fsp3) is 0.400. The number of carbonyl (C=O) groups is 1. The van der Waals surface area contributed by atoms with E-state index in [0.29, 0.717) is 5.75 Å². The maximum absolute atomic E-state index is 11.9. The molecule has 0 fully saturated rings. The summed E-state index contributed by atoms with van der Waals surface area (Å²) in [7, 11) is 1.52. The number of nitrogens with zero attached hydrogens (tertiary/aromatic N) is 3. The van der Waals surface area contributed by atoms with Crippen molar-refractivity contribution in [2.45, 2.75) is 19.4 Å². The SMILES string of the molecule is CN1C(=O)C(C)(C)Oc2ccc([N+](=O)[O-])nc21. The molecule has 0 radical (unpaired) electrons. The lowest BCUT2D eigenvalue weighted by Gasteiger charge is -2.33. The fourth-order valence-electron chi connectivity index (χ4n) is 1.67. The van der Waals surface area contributed by atoms with E-state index in [4.69, 9.17) is 4.74 Å². The van der Waals surface area contributed by atoms with Crippen LogP contribution in [0.3, 0.4) is 0 Å². The van der Waals surface area contributed by atoms with Gasteiger partial charge in [0.1, 0.15) is 0 Å². The maximum Gasteiger partial charge on any atom is 0.366 e. The highest BCUT2D eigenvalue weighted by atomic mass is 16.6. The Hall–Kier alpha value is -2.18. The molecule has 1 aliphatic heterocycles. The van der Waals surface area contributed by atoms with Crippen LogP contribution in [0.2, 0.25) is 0 Å². The van der Waals surface area contributed by atoms with E-state index >= 15 is 0 Å². The van der Waals surface area contributed by atoms with E-state index in [0.717, 1.165) is 0 Å². The number of amides is 1. The summed E-state index contributed by atoms with van der Waals surface area (Å²) < 4.78 is 5.46. The molecule has 0 aromatic carbocycles. The van der Waals surface area contributed by atoms with Crippen LogP contribution in [0, 0.1) is 10.1 Å². The van der Waals surface area contributed by atoms with Gasteiger partial charge in [-0.1, -0.05) is 0 Å². The molecular weight excluding hydrogens is 226 g/mol. The largest absolute Gasteiger partial charge is 0.472 e. The second-order valence-electron chi connectivity index (χ2n) is 4.22. The van der Waals surface area contributed by atoms with Gasteiger partial charge in [-0.25, -0.2) is 0 Å². The Balaban J connectivity index is 2.54. The third-order valence-corrected chi connectivity index (χ3v) is 2.51. The molecule has 7 nitrogen and oxygen atoms in total. The molecule has 0 aliphatic carbocycles. The standard InChI is InChI=1S/C10H11N3O4/c1-10(2)9(14)12(3)8-6(17-10)4-5-7(11-8)13(15)16/h4-5H,1-3H3. The minimum atomic E-state index is -0.987. The van der Waals surface area contributed by atoms with Gasteiger partial charge < -0.3 is 14.9 Å². The number of ether oxygens (including phenoxy) is 1. The molecule has 0 bridgehead atoms. The highest BCUT2D eigenvalue weighted by Crippen LogP contribution is 2.36. The van der Waals surface area contributed by atoms with Crippen LogP contribution in [0.4, 0.5) is 11.6 Å². The molecule has 0 unspecified atom stereocenters.